The molecule has 0 aromatic carbocycles. The summed E-state index contributed by atoms with van der Waals surface area (Å²) < 4.78 is 17.6. The molecular formula is C37H66O10. The van der Waals surface area contributed by atoms with Gasteiger partial charge in [-0.05, 0) is 73.1 Å². The number of rotatable bonds is 30. The van der Waals surface area contributed by atoms with Crippen molar-refractivity contribution in [3.8, 4) is 0 Å². The van der Waals surface area contributed by atoms with Crippen molar-refractivity contribution in [1.29, 1.82) is 0 Å². The van der Waals surface area contributed by atoms with Gasteiger partial charge in [0.25, 0.3) is 0 Å². The number of carboxylic acids is 2. The summed E-state index contributed by atoms with van der Waals surface area (Å²) in [4.78, 5) is 63.3. The van der Waals surface area contributed by atoms with Gasteiger partial charge in [-0.15, -0.1) is 0 Å². The lowest BCUT2D eigenvalue weighted by Crippen LogP contribution is -2.43. The summed E-state index contributed by atoms with van der Waals surface area (Å²) in [6, 6.07) is 0. The summed E-state index contributed by atoms with van der Waals surface area (Å²) in [5, 5.41) is 19.8. The smallest absolute Gasteiger partial charge is 0.307 e. The Morgan fingerprint density at radius 1 is 0.553 bits per heavy atom. The van der Waals surface area contributed by atoms with Crippen LogP contribution in [0, 0.1) is 17.8 Å². The third kappa shape index (κ3) is 17.7. The van der Waals surface area contributed by atoms with Gasteiger partial charge in [0.2, 0.25) is 0 Å². The van der Waals surface area contributed by atoms with Crippen LogP contribution < -0.4 is 0 Å². The van der Waals surface area contributed by atoms with Gasteiger partial charge < -0.3 is 24.4 Å². The Balaban J connectivity index is 4.95. The Morgan fingerprint density at radius 3 is 1.38 bits per heavy atom. The molecule has 0 radical (unpaired) electrons. The maximum Gasteiger partial charge on any atom is 0.307 e. The average molecular weight is 671 g/mol. The van der Waals surface area contributed by atoms with Gasteiger partial charge in [-0.1, -0.05) is 65.7 Å². The highest BCUT2D eigenvalue weighted by Crippen LogP contribution is 2.28. The summed E-state index contributed by atoms with van der Waals surface area (Å²) in [6.07, 6.45) is 9.35. The molecule has 274 valence electrons. The van der Waals surface area contributed by atoms with Crippen molar-refractivity contribution in [3.05, 3.63) is 0 Å². The summed E-state index contributed by atoms with van der Waals surface area (Å²) in [6.45, 7) is 17.3. The molecule has 10 nitrogen and oxygen atoms in total. The first-order valence-corrected chi connectivity index (χ1v) is 17.8. The second kappa shape index (κ2) is 22.5. The van der Waals surface area contributed by atoms with Crippen LogP contribution in [0.2, 0.25) is 0 Å². The van der Waals surface area contributed by atoms with Crippen molar-refractivity contribution in [2.75, 3.05) is 19.8 Å². The van der Waals surface area contributed by atoms with E-state index >= 15 is 0 Å². The van der Waals surface area contributed by atoms with Gasteiger partial charge in [0, 0.05) is 32.5 Å². The number of hydrogen-bond donors (Lipinski definition) is 2. The van der Waals surface area contributed by atoms with Gasteiger partial charge in [-0.25, -0.2) is 0 Å². The van der Waals surface area contributed by atoms with Crippen LogP contribution in [0.25, 0.3) is 0 Å². The first-order chi connectivity index (χ1) is 21.9. The molecule has 0 rings (SSSR count). The van der Waals surface area contributed by atoms with E-state index in [1.54, 1.807) is 13.8 Å². The molecule has 0 amide bonds. The molecule has 0 aliphatic carbocycles. The SMILES string of the molecule is CCCCCCOC(C)(C)C(=O)CC(C(=O)O)C(CC(=O)C(C)(C)OCCCCCC(=O)C(C)(C)OCC(CC)CCCC)C(=O)O. The second-order valence-electron chi connectivity index (χ2n) is 14.4. The molecule has 0 saturated carbocycles. The minimum Gasteiger partial charge on any atom is -0.481 e. The Morgan fingerprint density at radius 2 is 0.979 bits per heavy atom. The Bertz CT molecular complexity index is 968. The maximum atomic E-state index is 13.2. The number of aliphatic carboxylic acids is 2. The van der Waals surface area contributed by atoms with Gasteiger partial charge in [0.05, 0.1) is 18.4 Å². The van der Waals surface area contributed by atoms with Crippen LogP contribution in [0.4, 0.5) is 0 Å². The van der Waals surface area contributed by atoms with Crippen LogP contribution in [0.15, 0.2) is 0 Å². The number of ether oxygens (including phenoxy) is 3. The van der Waals surface area contributed by atoms with Gasteiger partial charge >= 0.3 is 11.9 Å². The van der Waals surface area contributed by atoms with Gasteiger partial charge in [-0.2, -0.15) is 0 Å². The average Bonchev–Trinajstić information content (AvgIpc) is 2.99. The van der Waals surface area contributed by atoms with Crippen LogP contribution in [-0.4, -0.2) is 76.1 Å². The standard InChI is InChI=1S/C37H66O10/c1-10-13-15-18-22-45-36(6,7)31(39)24-28(33(41)42)29(34(43)44)25-32(40)37(8,9)46-23-19-16-17-21-30(38)35(4,5)47-26-27(12-3)20-14-11-2/h27-29H,10-26H2,1-9H3,(H,41,42)(H,43,44). The van der Waals surface area contributed by atoms with E-state index < -0.39 is 65.0 Å². The number of carbonyl (C=O) groups excluding carboxylic acids is 3. The molecular weight excluding hydrogens is 604 g/mol. The Hall–Kier alpha value is -2.17. The predicted molar refractivity (Wildman–Crippen MR) is 183 cm³/mol. The molecule has 0 saturated heterocycles. The van der Waals surface area contributed by atoms with Crippen LogP contribution in [0.3, 0.4) is 0 Å². The number of carbonyl (C=O) groups is 5. The molecule has 3 atom stereocenters. The van der Waals surface area contributed by atoms with Gasteiger partial charge in [0.1, 0.15) is 16.8 Å². The van der Waals surface area contributed by atoms with Crippen molar-refractivity contribution in [3.63, 3.8) is 0 Å². The molecule has 0 spiro atoms. The summed E-state index contributed by atoms with van der Waals surface area (Å²) >= 11 is 0. The summed E-state index contributed by atoms with van der Waals surface area (Å²) in [7, 11) is 0. The minimum absolute atomic E-state index is 0.0485. The molecule has 0 aromatic rings. The molecule has 2 N–H and O–H groups in total. The van der Waals surface area contributed by atoms with Crippen LogP contribution in [-0.2, 0) is 38.2 Å². The molecule has 0 fully saturated rings. The largest absolute Gasteiger partial charge is 0.481 e. The predicted octanol–water partition coefficient (Wildman–Crippen LogP) is 7.62. The number of carboxylic acid groups (broad SMARTS) is 2. The topological polar surface area (TPSA) is 154 Å². The fourth-order valence-electron chi connectivity index (χ4n) is 5.21. The van der Waals surface area contributed by atoms with Crippen molar-refractivity contribution in [2.24, 2.45) is 17.8 Å². The number of hydrogen-bond acceptors (Lipinski definition) is 8. The lowest BCUT2D eigenvalue weighted by atomic mass is 9.80. The van der Waals surface area contributed by atoms with Gasteiger partial charge in [0.15, 0.2) is 17.3 Å². The Kier molecular flexibility index (Phi) is 21.4. The fraction of sp³-hybridized carbons (Fsp3) is 0.865. The fourth-order valence-corrected chi connectivity index (χ4v) is 5.21. The zero-order valence-corrected chi connectivity index (χ0v) is 30.9. The highest BCUT2D eigenvalue weighted by atomic mass is 16.5. The second-order valence-corrected chi connectivity index (χ2v) is 14.4. The zero-order valence-electron chi connectivity index (χ0n) is 30.9. The first-order valence-electron chi connectivity index (χ1n) is 17.8. The first kappa shape index (κ1) is 44.8. The quantitative estimate of drug-likeness (QED) is 0.0730. The van der Waals surface area contributed by atoms with E-state index in [1.165, 1.54) is 13.8 Å². The van der Waals surface area contributed by atoms with Crippen LogP contribution in [0.5, 0.6) is 0 Å². The normalized spacial score (nSPS) is 14.4. The molecule has 3 unspecified atom stereocenters. The third-order valence-corrected chi connectivity index (χ3v) is 9.14. The van der Waals surface area contributed by atoms with Crippen molar-refractivity contribution < 1.29 is 48.4 Å². The number of ketones is 3. The van der Waals surface area contributed by atoms with E-state index in [-0.39, 0.29) is 12.4 Å². The summed E-state index contributed by atoms with van der Waals surface area (Å²) in [5.74, 6) is -6.72. The Labute approximate surface area is 284 Å². The van der Waals surface area contributed by atoms with E-state index in [1.807, 2.05) is 13.8 Å². The van der Waals surface area contributed by atoms with Crippen molar-refractivity contribution in [2.45, 2.75) is 169 Å². The van der Waals surface area contributed by atoms with E-state index in [0.29, 0.717) is 44.8 Å². The molecule has 10 heteroatoms. The maximum absolute atomic E-state index is 13.2. The third-order valence-electron chi connectivity index (χ3n) is 9.14. The van der Waals surface area contributed by atoms with Crippen LogP contribution >= 0.6 is 0 Å². The highest BCUT2D eigenvalue weighted by Gasteiger charge is 2.42. The highest BCUT2D eigenvalue weighted by molar-refractivity contribution is 5.94. The van der Waals surface area contributed by atoms with Crippen molar-refractivity contribution in [1.82, 2.24) is 0 Å². The molecule has 0 aromatic heterocycles. The molecule has 0 aliphatic heterocycles. The van der Waals surface area contributed by atoms with E-state index in [0.717, 1.165) is 51.4 Å². The van der Waals surface area contributed by atoms with E-state index in [9.17, 15) is 34.2 Å². The minimum atomic E-state index is -1.61. The summed E-state index contributed by atoms with van der Waals surface area (Å²) in [5.41, 5.74) is -3.49. The number of Topliss-reactive ketones (excluding diaryl/α,β-unsaturated/α-hetero) is 3. The molecule has 0 aliphatic rings. The molecule has 47 heavy (non-hydrogen) atoms. The number of unbranched alkanes of at least 4 members (excludes halogenated alkanes) is 6. The van der Waals surface area contributed by atoms with E-state index in [2.05, 4.69) is 20.8 Å². The monoisotopic (exact) mass is 670 g/mol. The lowest BCUT2D eigenvalue weighted by Gasteiger charge is -2.29. The zero-order chi connectivity index (χ0) is 36.3. The van der Waals surface area contributed by atoms with Crippen molar-refractivity contribution >= 4 is 29.3 Å². The van der Waals surface area contributed by atoms with Crippen LogP contribution in [0.1, 0.15) is 152 Å². The molecule has 0 bridgehead atoms. The lowest BCUT2D eigenvalue weighted by molar-refractivity contribution is -0.160. The van der Waals surface area contributed by atoms with E-state index in [4.69, 9.17) is 14.2 Å². The molecule has 0 heterocycles. The van der Waals surface area contributed by atoms with Gasteiger partial charge in [-0.3, -0.25) is 24.0 Å².